The minimum Gasteiger partial charge on any atom is -0.303 e. The van der Waals surface area contributed by atoms with E-state index in [2.05, 4.69) is 4.98 Å². The quantitative estimate of drug-likeness (QED) is 0.725. The van der Waals surface area contributed by atoms with E-state index in [0.29, 0.717) is 6.29 Å². The van der Waals surface area contributed by atoms with Gasteiger partial charge in [-0.15, -0.1) is 0 Å². The number of halogens is 3. The van der Waals surface area contributed by atoms with Crippen LogP contribution in [0.25, 0.3) is 6.08 Å². The van der Waals surface area contributed by atoms with Crippen LogP contribution in [0.5, 0.6) is 0 Å². The van der Waals surface area contributed by atoms with Crippen molar-refractivity contribution >= 4 is 12.4 Å². The van der Waals surface area contributed by atoms with Gasteiger partial charge in [-0.1, -0.05) is 12.1 Å². The van der Waals surface area contributed by atoms with Crippen LogP contribution in [-0.2, 0) is 11.0 Å². The van der Waals surface area contributed by atoms with Crippen LogP contribution in [-0.4, -0.2) is 11.3 Å². The van der Waals surface area contributed by atoms with Crippen LogP contribution in [0.15, 0.2) is 24.3 Å². The predicted octanol–water partition coefficient (Wildman–Crippen LogP) is 2.70. The normalized spacial score (nSPS) is 11.9. The van der Waals surface area contributed by atoms with Gasteiger partial charge in [0.15, 0.2) is 0 Å². The van der Waals surface area contributed by atoms with Crippen molar-refractivity contribution in [1.82, 2.24) is 4.98 Å². The molecule has 0 unspecified atom stereocenters. The summed E-state index contributed by atoms with van der Waals surface area (Å²) in [7, 11) is 0. The molecule has 0 spiro atoms. The minimum atomic E-state index is -4.44. The molecule has 0 aliphatic heterocycles. The Morgan fingerprint density at radius 2 is 2.07 bits per heavy atom. The lowest BCUT2D eigenvalue weighted by molar-refractivity contribution is -0.141. The lowest BCUT2D eigenvalue weighted by Crippen LogP contribution is -2.07. The molecule has 0 bridgehead atoms. The molecule has 1 aromatic heterocycles. The average molecular weight is 215 g/mol. The van der Waals surface area contributed by atoms with Gasteiger partial charge in [-0.25, -0.2) is 4.98 Å². The molecule has 2 nitrogen and oxygen atoms in total. The number of rotatable bonds is 3. The molecule has 0 atom stereocenters. The summed E-state index contributed by atoms with van der Waals surface area (Å²) in [5, 5.41) is 0. The number of pyridine rings is 1. The number of hydrogen-bond acceptors (Lipinski definition) is 2. The van der Waals surface area contributed by atoms with Gasteiger partial charge in [-0.2, -0.15) is 13.2 Å². The van der Waals surface area contributed by atoms with E-state index in [1.807, 2.05) is 0 Å². The number of alkyl halides is 3. The summed E-state index contributed by atoms with van der Waals surface area (Å²) in [6.07, 6.45) is -0.782. The van der Waals surface area contributed by atoms with E-state index < -0.39 is 11.9 Å². The van der Waals surface area contributed by atoms with Crippen molar-refractivity contribution < 1.29 is 18.0 Å². The van der Waals surface area contributed by atoms with Crippen molar-refractivity contribution in [2.45, 2.75) is 12.6 Å². The second-order valence-electron chi connectivity index (χ2n) is 2.75. The Morgan fingerprint density at radius 1 is 1.33 bits per heavy atom. The SMILES string of the molecule is O=CCC=Cc1cccc(C(F)(F)F)n1. The summed E-state index contributed by atoms with van der Waals surface area (Å²) in [4.78, 5) is 13.4. The van der Waals surface area contributed by atoms with Crippen molar-refractivity contribution in [2.75, 3.05) is 0 Å². The summed E-state index contributed by atoms with van der Waals surface area (Å²) in [6.45, 7) is 0. The molecule has 0 N–H and O–H groups in total. The maximum Gasteiger partial charge on any atom is 0.433 e. The molecule has 0 aromatic carbocycles. The Labute approximate surface area is 84.4 Å². The Morgan fingerprint density at radius 3 is 2.67 bits per heavy atom. The van der Waals surface area contributed by atoms with Crippen molar-refractivity contribution in [3.8, 4) is 0 Å². The predicted molar refractivity (Wildman–Crippen MR) is 49.0 cm³/mol. The summed E-state index contributed by atoms with van der Waals surface area (Å²) < 4.78 is 36.6. The van der Waals surface area contributed by atoms with Gasteiger partial charge in [0.05, 0.1) is 5.69 Å². The Hall–Kier alpha value is -1.65. The molecular weight excluding hydrogens is 207 g/mol. The molecule has 0 amide bonds. The fraction of sp³-hybridized carbons (Fsp3) is 0.200. The molecule has 5 heteroatoms. The first-order valence-corrected chi connectivity index (χ1v) is 4.18. The Bertz CT molecular complexity index is 371. The summed E-state index contributed by atoms with van der Waals surface area (Å²) >= 11 is 0. The van der Waals surface area contributed by atoms with Gasteiger partial charge < -0.3 is 4.79 Å². The van der Waals surface area contributed by atoms with Gasteiger partial charge in [-0.3, -0.25) is 0 Å². The molecule has 1 aromatic rings. The zero-order valence-corrected chi connectivity index (χ0v) is 7.66. The minimum absolute atomic E-state index is 0.165. The largest absolute Gasteiger partial charge is 0.433 e. The lowest BCUT2D eigenvalue weighted by Gasteiger charge is -2.05. The van der Waals surface area contributed by atoms with Crippen molar-refractivity contribution in [1.29, 1.82) is 0 Å². The topological polar surface area (TPSA) is 30.0 Å². The van der Waals surface area contributed by atoms with Gasteiger partial charge in [0.1, 0.15) is 12.0 Å². The second kappa shape index (κ2) is 4.72. The zero-order chi connectivity index (χ0) is 11.3. The molecule has 80 valence electrons. The van der Waals surface area contributed by atoms with E-state index in [1.165, 1.54) is 24.3 Å². The highest BCUT2D eigenvalue weighted by Crippen LogP contribution is 2.27. The first-order chi connectivity index (χ1) is 7.04. The third kappa shape index (κ3) is 3.53. The van der Waals surface area contributed by atoms with E-state index >= 15 is 0 Å². The monoisotopic (exact) mass is 215 g/mol. The molecule has 0 aliphatic rings. The fourth-order valence-corrected chi connectivity index (χ4v) is 0.947. The van der Waals surface area contributed by atoms with E-state index in [4.69, 9.17) is 0 Å². The standard InChI is InChI=1S/C10H8F3NO/c11-10(12,13)9-6-3-5-8(14-9)4-1-2-7-15/h1,3-7H,2H2. The number of nitrogens with zero attached hydrogens (tertiary/aromatic N) is 1. The third-order valence-electron chi connectivity index (χ3n) is 1.58. The number of aldehydes is 1. The summed E-state index contributed by atoms with van der Waals surface area (Å²) in [6, 6.07) is 3.62. The fourth-order valence-electron chi connectivity index (χ4n) is 0.947. The van der Waals surface area contributed by atoms with Gasteiger partial charge >= 0.3 is 6.18 Å². The van der Waals surface area contributed by atoms with Crippen LogP contribution in [0.3, 0.4) is 0 Å². The van der Waals surface area contributed by atoms with Crippen LogP contribution in [0.4, 0.5) is 13.2 Å². The van der Waals surface area contributed by atoms with Crippen LogP contribution in [0.1, 0.15) is 17.8 Å². The molecule has 15 heavy (non-hydrogen) atoms. The molecule has 0 aliphatic carbocycles. The van der Waals surface area contributed by atoms with E-state index in [9.17, 15) is 18.0 Å². The number of carbonyl (C=O) groups is 1. The molecule has 1 rings (SSSR count). The summed E-state index contributed by atoms with van der Waals surface area (Å²) in [5.41, 5.74) is -0.748. The molecular formula is C10H8F3NO. The highest BCUT2D eigenvalue weighted by atomic mass is 19.4. The van der Waals surface area contributed by atoms with Crippen LogP contribution >= 0.6 is 0 Å². The van der Waals surface area contributed by atoms with Gasteiger partial charge in [0.2, 0.25) is 0 Å². The number of aromatic nitrogens is 1. The van der Waals surface area contributed by atoms with Gasteiger partial charge in [0, 0.05) is 6.42 Å². The smallest absolute Gasteiger partial charge is 0.303 e. The Balaban J connectivity index is 2.88. The van der Waals surface area contributed by atoms with Crippen LogP contribution < -0.4 is 0 Å². The van der Waals surface area contributed by atoms with Crippen molar-refractivity contribution in [3.63, 3.8) is 0 Å². The Kier molecular flexibility index (Phi) is 3.60. The number of hydrogen-bond donors (Lipinski definition) is 0. The number of allylic oxidation sites excluding steroid dienone is 1. The second-order valence-corrected chi connectivity index (χ2v) is 2.75. The lowest BCUT2D eigenvalue weighted by atomic mass is 10.2. The molecule has 0 fully saturated rings. The maximum absolute atomic E-state index is 12.2. The van der Waals surface area contributed by atoms with E-state index in [0.717, 1.165) is 6.07 Å². The van der Waals surface area contributed by atoms with E-state index in [1.54, 1.807) is 0 Å². The van der Waals surface area contributed by atoms with Gasteiger partial charge in [0.25, 0.3) is 0 Å². The first kappa shape index (κ1) is 11.4. The van der Waals surface area contributed by atoms with Crippen molar-refractivity contribution in [3.05, 3.63) is 35.7 Å². The summed E-state index contributed by atoms with van der Waals surface area (Å²) in [5.74, 6) is 0. The van der Waals surface area contributed by atoms with E-state index in [-0.39, 0.29) is 12.1 Å². The average Bonchev–Trinajstić information content (AvgIpc) is 2.17. The highest BCUT2D eigenvalue weighted by molar-refractivity contribution is 5.56. The number of carbonyl (C=O) groups excluding carboxylic acids is 1. The third-order valence-corrected chi connectivity index (χ3v) is 1.58. The van der Waals surface area contributed by atoms with Crippen LogP contribution in [0.2, 0.25) is 0 Å². The molecule has 0 saturated heterocycles. The highest BCUT2D eigenvalue weighted by Gasteiger charge is 2.32. The maximum atomic E-state index is 12.2. The molecule has 0 saturated carbocycles. The molecule has 0 radical (unpaired) electrons. The first-order valence-electron chi connectivity index (χ1n) is 4.18. The zero-order valence-electron chi connectivity index (χ0n) is 7.66. The molecule has 1 heterocycles. The van der Waals surface area contributed by atoms with Gasteiger partial charge in [-0.05, 0) is 18.2 Å². The van der Waals surface area contributed by atoms with Crippen LogP contribution in [0, 0.1) is 0 Å². The van der Waals surface area contributed by atoms with Crippen molar-refractivity contribution in [2.24, 2.45) is 0 Å².